The quantitative estimate of drug-likeness (QED) is 0.631. The van der Waals surface area contributed by atoms with Crippen LogP contribution < -0.4 is 4.74 Å². The monoisotopic (exact) mass is 320 g/mol. The van der Waals surface area contributed by atoms with Gasteiger partial charge in [0.2, 0.25) is 0 Å². The van der Waals surface area contributed by atoms with E-state index in [0.29, 0.717) is 30.3 Å². The molecule has 0 aliphatic heterocycles. The van der Waals surface area contributed by atoms with Gasteiger partial charge in [-0.3, -0.25) is 0 Å². The molecule has 0 aliphatic carbocycles. The molecular formula is C21H36O2. The summed E-state index contributed by atoms with van der Waals surface area (Å²) in [5.74, 6) is 3.13. The lowest BCUT2D eigenvalue weighted by Crippen LogP contribution is -2.32. The molecule has 0 radical (unpaired) electrons. The van der Waals surface area contributed by atoms with Crippen molar-refractivity contribution in [2.75, 3.05) is 6.61 Å². The lowest BCUT2D eigenvalue weighted by atomic mass is 9.72. The predicted octanol–water partition coefficient (Wildman–Crippen LogP) is 5.33. The summed E-state index contributed by atoms with van der Waals surface area (Å²) in [6.45, 7) is 13.8. The molecule has 1 aromatic carbocycles. The zero-order valence-corrected chi connectivity index (χ0v) is 15.9. The van der Waals surface area contributed by atoms with Gasteiger partial charge in [-0.25, -0.2) is 0 Å². The van der Waals surface area contributed by atoms with E-state index in [9.17, 15) is 5.11 Å². The van der Waals surface area contributed by atoms with Crippen LogP contribution in [-0.4, -0.2) is 17.8 Å². The van der Waals surface area contributed by atoms with Crippen LogP contribution >= 0.6 is 0 Å². The molecule has 0 heterocycles. The summed E-state index contributed by atoms with van der Waals surface area (Å²) in [4.78, 5) is 0. The number of hydrogen-bond acceptors (Lipinski definition) is 2. The Morgan fingerprint density at radius 1 is 0.957 bits per heavy atom. The molecule has 0 bridgehead atoms. The molecule has 0 fully saturated rings. The third-order valence-corrected chi connectivity index (χ3v) is 4.89. The van der Waals surface area contributed by atoms with Crippen molar-refractivity contribution in [1.29, 1.82) is 0 Å². The molecule has 0 aromatic heterocycles. The van der Waals surface area contributed by atoms with Crippen LogP contribution in [0.1, 0.15) is 59.9 Å². The van der Waals surface area contributed by atoms with Crippen molar-refractivity contribution in [2.24, 2.45) is 23.7 Å². The Morgan fingerprint density at radius 3 is 1.96 bits per heavy atom. The topological polar surface area (TPSA) is 29.5 Å². The number of benzene rings is 1. The highest BCUT2D eigenvalue weighted by Gasteiger charge is 2.30. The smallest absolute Gasteiger partial charge is 0.119 e. The highest BCUT2D eigenvalue weighted by Crippen LogP contribution is 2.34. The van der Waals surface area contributed by atoms with Crippen LogP contribution in [0.5, 0.6) is 5.75 Å². The van der Waals surface area contributed by atoms with Crippen molar-refractivity contribution in [3.63, 3.8) is 0 Å². The molecule has 0 aliphatic rings. The Morgan fingerprint density at radius 2 is 1.52 bits per heavy atom. The zero-order valence-electron chi connectivity index (χ0n) is 15.9. The predicted molar refractivity (Wildman–Crippen MR) is 98.9 cm³/mol. The SMILES string of the molecule is CCOc1ccc(CCC[C@H](C(C(C)C)C(C)C)[C@H](C)O)cc1. The molecule has 1 N–H and O–H groups in total. The second kappa shape index (κ2) is 9.97. The standard InChI is InChI=1S/C21H36O2/c1-7-23-19-13-11-18(12-14-19)9-8-10-20(17(6)22)21(15(2)3)16(4)5/h11-17,20-22H,7-10H2,1-6H3/t17-,20-/m0/s1. The van der Waals surface area contributed by atoms with Gasteiger partial charge < -0.3 is 9.84 Å². The fraction of sp³-hybridized carbons (Fsp3) is 0.714. The minimum atomic E-state index is -0.231. The average molecular weight is 321 g/mol. The third kappa shape index (κ3) is 6.55. The van der Waals surface area contributed by atoms with Gasteiger partial charge in [-0.2, -0.15) is 0 Å². The summed E-state index contributed by atoms with van der Waals surface area (Å²) in [6, 6.07) is 8.42. The van der Waals surface area contributed by atoms with E-state index in [-0.39, 0.29) is 6.10 Å². The summed E-state index contributed by atoms with van der Waals surface area (Å²) in [7, 11) is 0. The molecule has 23 heavy (non-hydrogen) atoms. The molecule has 2 nitrogen and oxygen atoms in total. The maximum atomic E-state index is 10.3. The van der Waals surface area contributed by atoms with Crippen LogP contribution in [0.2, 0.25) is 0 Å². The molecule has 132 valence electrons. The normalized spacial score (nSPS) is 14.5. The number of ether oxygens (including phenoxy) is 1. The fourth-order valence-electron chi connectivity index (χ4n) is 3.97. The highest BCUT2D eigenvalue weighted by molar-refractivity contribution is 5.27. The van der Waals surface area contributed by atoms with E-state index in [1.54, 1.807) is 0 Å². The van der Waals surface area contributed by atoms with E-state index in [2.05, 4.69) is 52.0 Å². The van der Waals surface area contributed by atoms with Gasteiger partial charge in [0, 0.05) is 0 Å². The second-order valence-electron chi connectivity index (χ2n) is 7.44. The van der Waals surface area contributed by atoms with Gasteiger partial charge in [0.05, 0.1) is 12.7 Å². The number of aryl methyl sites for hydroxylation is 1. The molecule has 0 saturated heterocycles. The van der Waals surface area contributed by atoms with Crippen LogP contribution in [0, 0.1) is 23.7 Å². The van der Waals surface area contributed by atoms with E-state index in [4.69, 9.17) is 4.74 Å². The largest absolute Gasteiger partial charge is 0.494 e. The molecule has 0 spiro atoms. The number of aliphatic hydroxyl groups excluding tert-OH is 1. The summed E-state index contributed by atoms with van der Waals surface area (Å²) in [6.07, 6.45) is 3.05. The lowest BCUT2D eigenvalue weighted by Gasteiger charge is -2.35. The molecule has 1 aromatic rings. The molecule has 2 atom stereocenters. The van der Waals surface area contributed by atoms with Crippen LogP contribution in [0.4, 0.5) is 0 Å². The summed E-state index contributed by atoms with van der Waals surface area (Å²) in [5, 5.41) is 10.3. The van der Waals surface area contributed by atoms with Crippen molar-refractivity contribution in [3.8, 4) is 5.75 Å². The molecule has 2 heteroatoms. The van der Waals surface area contributed by atoms with E-state index in [1.807, 2.05) is 13.8 Å². The van der Waals surface area contributed by atoms with Crippen molar-refractivity contribution < 1.29 is 9.84 Å². The molecule has 0 saturated carbocycles. The third-order valence-electron chi connectivity index (χ3n) is 4.89. The number of hydrogen-bond donors (Lipinski definition) is 1. The van der Waals surface area contributed by atoms with E-state index in [0.717, 1.165) is 25.0 Å². The summed E-state index contributed by atoms with van der Waals surface area (Å²) < 4.78 is 5.49. The van der Waals surface area contributed by atoms with Crippen LogP contribution in [0.3, 0.4) is 0 Å². The van der Waals surface area contributed by atoms with Crippen LogP contribution in [-0.2, 0) is 6.42 Å². The van der Waals surface area contributed by atoms with Gasteiger partial charge in [-0.15, -0.1) is 0 Å². The Kier molecular flexibility index (Phi) is 8.68. The van der Waals surface area contributed by atoms with Crippen molar-refractivity contribution in [3.05, 3.63) is 29.8 Å². The second-order valence-corrected chi connectivity index (χ2v) is 7.44. The highest BCUT2D eigenvalue weighted by atomic mass is 16.5. The van der Waals surface area contributed by atoms with Crippen molar-refractivity contribution >= 4 is 0 Å². The molecule has 0 unspecified atom stereocenters. The van der Waals surface area contributed by atoms with Gasteiger partial charge in [0.15, 0.2) is 0 Å². The Bertz CT molecular complexity index is 412. The Labute approximate surface area is 143 Å². The number of rotatable bonds is 10. The van der Waals surface area contributed by atoms with Gasteiger partial charge in [-0.05, 0) is 74.5 Å². The van der Waals surface area contributed by atoms with Crippen LogP contribution in [0.15, 0.2) is 24.3 Å². The first-order valence-electron chi connectivity index (χ1n) is 9.26. The molecular weight excluding hydrogens is 284 g/mol. The van der Waals surface area contributed by atoms with Gasteiger partial charge in [-0.1, -0.05) is 39.8 Å². The lowest BCUT2D eigenvalue weighted by molar-refractivity contribution is 0.0420. The van der Waals surface area contributed by atoms with Gasteiger partial charge in [0.25, 0.3) is 0 Å². The fourth-order valence-corrected chi connectivity index (χ4v) is 3.97. The Balaban J connectivity index is 2.58. The first kappa shape index (κ1) is 20.0. The average Bonchev–Trinajstić information content (AvgIpc) is 2.47. The summed E-state index contributed by atoms with van der Waals surface area (Å²) >= 11 is 0. The first-order valence-corrected chi connectivity index (χ1v) is 9.26. The molecule has 0 amide bonds. The van der Waals surface area contributed by atoms with Gasteiger partial charge >= 0.3 is 0 Å². The Hall–Kier alpha value is -1.02. The van der Waals surface area contributed by atoms with E-state index >= 15 is 0 Å². The van der Waals surface area contributed by atoms with Crippen molar-refractivity contribution in [1.82, 2.24) is 0 Å². The van der Waals surface area contributed by atoms with Crippen molar-refractivity contribution in [2.45, 2.75) is 66.9 Å². The summed E-state index contributed by atoms with van der Waals surface area (Å²) in [5.41, 5.74) is 1.35. The van der Waals surface area contributed by atoms with Crippen LogP contribution in [0.25, 0.3) is 0 Å². The minimum absolute atomic E-state index is 0.231. The van der Waals surface area contributed by atoms with Gasteiger partial charge in [0.1, 0.15) is 5.75 Å². The number of aliphatic hydroxyl groups is 1. The molecule has 1 rings (SSSR count). The maximum Gasteiger partial charge on any atom is 0.119 e. The zero-order chi connectivity index (χ0) is 17.4. The maximum absolute atomic E-state index is 10.3. The van der Waals surface area contributed by atoms with E-state index in [1.165, 1.54) is 5.56 Å². The van der Waals surface area contributed by atoms with E-state index < -0.39 is 0 Å². The first-order chi connectivity index (χ1) is 10.9. The minimum Gasteiger partial charge on any atom is -0.494 e.